The van der Waals surface area contributed by atoms with Crippen molar-refractivity contribution >= 4 is 40.8 Å². The summed E-state index contributed by atoms with van der Waals surface area (Å²) in [5.41, 5.74) is 8.24. The molecule has 0 spiro atoms. The number of hydrogen-bond donors (Lipinski definition) is 3. The molecule has 10 heteroatoms. The zero-order valence-electron chi connectivity index (χ0n) is 23.0. The Morgan fingerprint density at radius 3 is 2.10 bits per heavy atom. The van der Waals surface area contributed by atoms with Crippen molar-refractivity contribution in [2.24, 2.45) is 5.73 Å². The number of carbonyl (C=O) groups excluding carboxylic acids is 1. The lowest BCUT2D eigenvalue weighted by Crippen LogP contribution is -2.43. The van der Waals surface area contributed by atoms with Gasteiger partial charge in [0.25, 0.3) is 0 Å². The Kier molecular flexibility index (Phi) is 13.0. The fourth-order valence-corrected chi connectivity index (χ4v) is 5.87. The second kappa shape index (κ2) is 16.2. The number of carboxylic acid groups (broad SMARTS) is 1. The van der Waals surface area contributed by atoms with Crippen LogP contribution in [0, 0.1) is 0 Å². The highest BCUT2D eigenvalue weighted by atomic mass is 35.5. The van der Waals surface area contributed by atoms with E-state index < -0.39 is 17.9 Å². The van der Waals surface area contributed by atoms with Gasteiger partial charge in [0.2, 0.25) is 0 Å². The van der Waals surface area contributed by atoms with Crippen molar-refractivity contribution in [3.8, 4) is 0 Å². The molecule has 0 amide bonds. The molecule has 2 saturated heterocycles. The molecule has 0 saturated carbocycles. The Bertz CT molecular complexity index is 1040. The van der Waals surface area contributed by atoms with Crippen molar-refractivity contribution in [1.82, 2.24) is 4.90 Å². The third-order valence-electron chi connectivity index (χ3n) is 7.79. The minimum Gasteiger partial charge on any atom is -0.480 e. The summed E-state index contributed by atoms with van der Waals surface area (Å²) in [6.45, 7) is 1.24. The van der Waals surface area contributed by atoms with E-state index in [1.165, 1.54) is 12.8 Å². The van der Waals surface area contributed by atoms with Gasteiger partial charge in [-0.1, -0.05) is 42.5 Å². The number of carbonyl (C=O) groups is 2. The summed E-state index contributed by atoms with van der Waals surface area (Å²) in [6.07, 6.45) is 4.58. The average molecular weight is 595 g/mol. The molecule has 5 atom stereocenters. The second-order valence-corrected chi connectivity index (χ2v) is 11.2. The lowest BCUT2D eigenvalue weighted by atomic mass is 9.98. The van der Waals surface area contributed by atoms with Gasteiger partial charge in [0, 0.05) is 42.6 Å². The first-order chi connectivity index (χ1) is 19.3. The fraction of sp³-hybridized carbons (Fsp3) is 0.533. The number of aliphatic hydroxyl groups excluding tert-OH is 1. The van der Waals surface area contributed by atoms with Gasteiger partial charge in [0.1, 0.15) is 18.1 Å². The van der Waals surface area contributed by atoms with E-state index in [0.29, 0.717) is 30.3 Å². The van der Waals surface area contributed by atoms with Gasteiger partial charge in [-0.25, -0.2) is 0 Å². The molecule has 2 aliphatic heterocycles. The Balaban J connectivity index is 0.000000222. The van der Waals surface area contributed by atoms with Crippen LogP contribution in [0.4, 0.5) is 5.69 Å². The topological polar surface area (TPSA) is 116 Å². The molecule has 2 bridgehead atoms. The summed E-state index contributed by atoms with van der Waals surface area (Å²) >= 11 is 11.5. The summed E-state index contributed by atoms with van der Waals surface area (Å²) in [7, 11) is 2.17. The molecule has 4 N–H and O–H groups in total. The first kappa shape index (κ1) is 32.2. The van der Waals surface area contributed by atoms with Gasteiger partial charge in [-0.15, -0.1) is 23.2 Å². The molecule has 220 valence electrons. The molecule has 40 heavy (non-hydrogen) atoms. The standard InChI is InChI=1S/C17H23NO3.C13H18Cl2N2O2/c1-18-13-7-8-14(18)10-15(9-13)21-17(20)16(11-19)12-5-3-2-4-6-12;14-5-7-17(8-6-15)11-3-1-10(2-4-11)9-12(16)13(18)19/h2-6,13-16,19H,7-11H2,1H3;1-4,12H,5-9,16H2,(H,18,19)/t13-,14+,15+,16?;12-/m.0/s1. The van der Waals surface area contributed by atoms with Gasteiger partial charge in [0.05, 0.1) is 6.61 Å². The number of aliphatic carboxylic acids is 1. The van der Waals surface area contributed by atoms with E-state index in [4.69, 9.17) is 38.8 Å². The molecule has 0 aromatic heterocycles. The third-order valence-corrected chi connectivity index (χ3v) is 8.13. The van der Waals surface area contributed by atoms with Gasteiger partial charge < -0.3 is 30.5 Å². The van der Waals surface area contributed by atoms with E-state index in [0.717, 1.165) is 42.7 Å². The van der Waals surface area contributed by atoms with Crippen LogP contribution in [0.5, 0.6) is 0 Å². The van der Waals surface area contributed by atoms with Crippen LogP contribution in [-0.2, 0) is 20.7 Å². The predicted molar refractivity (Wildman–Crippen MR) is 159 cm³/mol. The van der Waals surface area contributed by atoms with Crippen LogP contribution in [0.25, 0.3) is 0 Å². The van der Waals surface area contributed by atoms with Gasteiger partial charge in [-0.2, -0.15) is 0 Å². The van der Waals surface area contributed by atoms with Crippen LogP contribution in [0.3, 0.4) is 0 Å². The molecule has 2 aromatic carbocycles. The van der Waals surface area contributed by atoms with Crippen LogP contribution >= 0.6 is 23.2 Å². The number of fused-ring (bicyclic) bond motifs is 2. The molecule has 2 aromatic rings. The lowest BCUT2D eigenvalue weighted by Gasteiger charge is -2.36. The number of piperidine rings is 1. The highest BCUT2D eigenvalue weighted by Crippen LogP contribution is 2.36. The summed E-state index contributed by atoms with van der Waals surface area (Å²) in [5.74, 6) is -0.790. The van der Waals surface area contributed by atoms with E-state index in [9.17, 15) is 14.7 Å². The lowest BCUT2D eigenvalue weighted by molar-refractivity contribution is -0.155. The number of benzene rings is 2. The van der Waals surface area contributed by atoms with Crippen LogP contribution in [0.1, 0.15) is 42.7 Å². The van der Waals surface area contributed by atoms with Crippen LogP contribution in [0.2, 0.25) is 0 Å². The Hall–Kier alpha value is -2.36. The van der Waals surface area contributed by atoms with Gasteiger partial charge in [-0.3, -0.25) is 9.59 Å². The fourth-order valence-electron chi connectivity index (χ4n) is 5.46. The zero-order valence-corrected chi connectivity index (χ0v) is 24.5. The minimum absolute atomic E-state index is 0.00367. The quantitative estimate of drug-likeness (QED) is 0.251. The van der Waals surface area contributed by atoms with Crippen molar-refractivity contribution in [3.63, 3.8) is 0 Å². The highest BCUT2D eigenvalue weighted by molar-refractivity contribution is 6.18. The van der Waals surface area contributed by atoms with Crippen LogP contribution in [0.15, 0.2) is 54.6 Å². The Labute approximate surface area is 247 Å². The largest absolute Gasteiger partial charge is 0.480 e. The molecule has 8 nitrogen and oxygen atoms in total. The number of carboxylic acids is 1. The first-order valence-corrected chi connectivity index (χ1v) is 14.9. The van der Waals surface area contributed by atoms with E-state index in [2.05, 4.69) is 16.8 Å². The highest BCUT2D eigenvalue weighted by Gasteiger charge is 2.40. The van der Waals surface area contributed by atoms with E-state index in [-0.39, 0.29) is 18.7 Å². The summed E-state index contributed by atoms with van der Waals surface area (Å²) < 4.78 is 5.70. The van der Waals surface area contributed by atoms with Crippen LogP contribution in [-0.4, -0.2) is 89.8 Å². The monoisotopic (exact) mass is 593 g/mol. The average Bonchev–Trinajstić information content (AvgIpc) is 3.14. The maximum atomic E-state index is 12.4. The second-order valence-electron chi connectivity index (χ2n) is 10.4. The molecular weight excluding hydrogens is 553 g/mol. The number of esters is 1. The molecule has 0 aliphatic carbocycles. The summed E-state index contributed by atoms with van der Waals surface area (Å²) in [5, 5.41) is 18.3. The maximum absolute atomic E-state index is 12.4. The number of anilines is 1. The molecule has 1 unspecified atom stereocenters. The van der Waals surface area contributed by atoms with Crippen molar-refractivity contribution in [1.29, 1.82) is 0 Å². The third kappa shape index (κ3) is 9.08. The number of halogens is 2. The maximum Gasteiger partial charge on any atom is 0.320 e. The molecule has 2 heterocycles. The molecular formula is C30H41Cl2N3O5. The van der Waals surface area contributed by atoms with Crippen molar-refractivity contribution in [2.75, 3.05) is 43.4 Å². The van der Waals surface area contributed by atoms with Crippen molar-refractivity contribution < 1.29 is 24.5 Å². The van der Waals surface area contributed by atoms with Gasteiger partial charge in [0.15, 0.2) is 0 Å². The van der Waals surface area contributed by atoms with Gasteiger partial charge >= 0.3 is 11.9 Å². The van der Waals surface area contributed by atoms with Crippen molar-refractivity contribution in [2.45, 2.75) is 62.3 Å². The number of hydrogen-bond acceptors (Lipinski definition) is 7. The SMILES string of the molecule is CN1[C@@H]2CC[C@H]1C[C@@H](OC(=O)C(CO)c1ccccc1)C2.N[C@@H](Cc1ccc(N(CCCl)CCCl)cc1)C(=O)O. The van der Waals surface area contributed by atoms with Crippen molar-refractivity contribution in [3.05, 3.63) is 65.7 Å². The Morgan fingerprint density at radius 2 is 1.60 bits per heavy atom. The number of nitrogens with zero attached hydrogens (tertiary/aromatic N) is 2. The number of rotatable bonds is 12. The predicted octanol–water partition coefficient (Wildman–Crippen LogP) is 3.86. The molecule has 4 rings (SSSR count). The summed E-state index contributed by atoms with van der Waals surface area (Å²) in [6, 6.07) is 17.2. The molecule has 2 aliphatic rings. The summed E-state index contributed by atoms with van der Waals surface area (Å²) in [4.78, 5) is 27.6. The molecule has 2 fully saturated rings. The number of ether oxygens (including phenoxy) is 1. The first-order valence-electron chi connectivity index (χ1n) is 13.8. The zero-order chi connectivity index (χ0) is 29.1. The smallest absolute Gasteiger partial charge is 0.320 e. The number of aliphatic hydroxyl groups is 1. The normalized spacial score (nSPS) is 21.6. The van der Waals surface area contributed by atoms with E-state index in [1.807, 2.05) is 54.6 Å². The minimum atomic E-state index is -0.991. The van der Waals surface area contributed by atoms with Gasteiger partial charge in [-0.05, 0) is 62.4 Å². The number of nitrogens with two attached hydrogens (primary N) is 1. The van der Waals surface area contributed by atoms with E-state index >= 15 is 0 Å². The van der Waals surface area contributed by atoms with E-state index in [1.54, 1.807) is 0 Å². The number of alkyl halides is 2. The molecule has 0 radical (unpaired) electrons. The van der Waals surface area contributed by atoms with Crippen LogP contribution < -0.4 is 10.6 Å². The Morgan fingerprint density at radius 1 is 1.02 bits per heavy atom.